The van der Waals surface area contributed by atoms with Crippen molar-refractivity contribution in [3.8, 4) is 6.07 Å². The molecular formula is C18H25N3. The quantitative estimate of drug-likeness (QED) is 0.905. The van der Waals surface area contributed by atoms with Crippen LogP contribution in [0, 0.1) is 17.2 Å². The zero-order valence-corrected chi connectivity index (χ0v) is 12.7. The molecule has 2 unspecified atom stereocenters. The maximum absolute atomic E-state index is 9.26. The van der Waals surface area contributed by atoms with E-state index in [0.717, 1.165) is 18.5 Å². The van der Waals surface area contributed by atoms with Crippen molar-refractivity contribution >= 4 is 11.4 Å². The van der Waals surface area contributed by atoms with Gasteiger partial charge < -0.3 is 10.2 Å². The smallest absolute Gasteiger partial charge is 0.0677 e. The summed E-state index contributed by atoms with van der Waals surface area (Å²) in [5.74, 6) is 0.167. The van der Waals surface area contributed by atoms with Crippen molar-refractivity contribution in [2.75, 3.05) is 23.3 Å². The Balaban J connectivity index is 1.62. The Bertz CT molecular complexity index is 482. The third-order valence-electron chi connectivity index (χ3n) is 4.87. The van der Waals surface area contributed by atoms with Crippen LogP contribution < -0.4 is 10.2 Å². The second kappa shape index (κ2) is 6.85. The highest BCUT2D eigenvalue weighted by molar-refractivity contribution is 5.55. The van der Waals surface area contributed by atoms with Crippen LogP contribution in [-0.4, -0.2) is 19.1 Å². The predicted molar refractivity (Wildman–Crippen MR) is 87.5 cm³/mol. The highest BCUT2D eigenvalue weighted by atomic mass is 15.1. The summed E-state index contributed by atoms with van der Waals surface area (Å²) in [7, 11) is 0. The first kappa shape index (κ1) is 14.3. The number of nitrogens with zero attached hydrogens (tertiary/aromatic N) is 2. The van der Waals surface area contributed by atoms with Crippen molar-refractivity contribution in [1.29, 1.82) is 5.26 Å². The predicted octanol–water partition coefficient (Wildman–Crippen LogP) is 4.17. The Morgan fingerprint density at radius 1 is 0.952 bits per heavy atom. The van der Waals surface area contributed by atoms with Crippen molar-refractivity contribution in [2.24, 2.45) is 5.92 Å². The van der Waals surface area contributed by atoms with Gasteiger partial charge in [-0.25, -0.2) is 0 Å². The van der Waals surface area contributed by atoms with Gasteiger partial charge in [0.2, 0.25) is 0 Å². The van der Waals surface area contributed by atoms with Crippen LogP contribution in [0.3, 0.4) is 0 Å². The lowest BCUT2D eigenvalue weighted by Crippen LogP contribution is -2.31. The molecule has 1 aliphatic carbocycles. The number of piperidine rings is 1. The standard InChI is InChI=1S/C18H25N3/c19-14-15-6-2-3-7-18(15)20-16-8-10-17(11-9-16)21-12-4-1-5-13-21/h8-11,15,18,20H,1-7,12-13H2. The Hall–Kier alpha value is -1.69. The molecule has 1 N–H and O–H groups in total. The van der Waals surface area contributed by atoms with Crippen molar-refractivity contribution in [3.63, 3.8) is 0 Å². The van der Waals surface area contributed by atoms with Crippen LogP contribution >= 0.6 is 0 Å². The van der Waals surface area contributed by atoms with E-state index in [-0.39, 0.29) is 5.92 Å². The van der Waals surface area contributed by atoms with Crippen molar-refractivity contribution < 1.29 is 0 Å². The zero-order chi connectivity index (χ0) is 14.5. The van der Waals surface area contributed by atoms with Gasteiger partial charge in [-0.05, 0) is 56.4 Å². The maximum Gasteiger partial charge on any atom is 0.0677 e. The molecule has 2 fully saturated rings. The monoisotopic (exact) mass is 283 g/mol. The Morgan fingerprint density at radius 3 is 2.38 bits per heavy atom. The summed E-state index contributed by atoms with van der Waals surface area (Å²) in [5.41, 5.74) is 2.49. The highest BCUT2D eigenvalue weighted by Gasteiger charge is 2.24. The Morgan fingerprint density at radius 2 is 1.67 bits per heavy atom. The summed E-state index contributed by atoms with van der Waals surface area (Å²) in [6.07, 6.45) is 8.59. The number of hydrogen-bond donors (Lipinski definition) is 1. The molecule has 0 spiro atoms. The average Bonchev–Trinajstić information content (AvgIpc) is 2.57. The largest absolute Gasteiger partial charge is 0.381 e. The third-order valence-corrected chi connectivity index (χ3v) is 4.87. The first-order valence-electron chi connectivity index (χ1n) is 8.38. The van der Waals surface area contributed by atoms with E-state index < -0.39 is 0 Å². The second-order valence-electron chi connectivity index (χ2n) is 6.37. The normalized spacial score (nSPS) is 26.1. The minimum atomic E-state index is 0.167. The molecule has 0 aromatic heterocycles. The van der Waals surface area contributed by atoms with Gasteiger partial charge in [0.25, 0.3) is 0 Å². The molecule has 0 radical (unpaired) electrons. The molecule has 3 nitrogen and oxygen atoms in total. The van der Waals surface area contributed by atoms with E-state index >= 15 is 0 Å². The van der Waals surface area contributed by atoms with Crippen LogP contribution in [-0.2, 0) is 0 Å². The van der Waals surface area contributed by atoms with Gasteiger partial charge in [-0.2, -0.15) is 5.26 Å². The molecule has 1 aromatic rings. The van der Waals surface area contributed by atoms with Crippen LogP contribution in [0.4, 0.5) is 11.4 Å². The minimum Gasteiger partial charge on any atom is -0.381 e. The summed E-state index contributed by atoms with van der Waals surface area (Å²) < 4.78 is 0. The van der Waals surface area contributed by atoms with Gasteiger partial charge >= 0.3 is 0 Å². The van der Waals surface area contributed by atoms with E-state index in [1.807, 2.05) is 0 Å². The van der Waals surface area contributed by atoms with Gasteiger partial charge in [-0.1, -0.05) is 12.8 Å². The Kier molecular flexibility index (Phi) is 4.65. The van der Waals surface area contributed by atoms with E-state index in [4.69, 9.17) is 0 Å². The summed E-state index contributed by atoms with van der Waals surface area (Å²) in [5, 5.41) is 12.8. The van der Waals surface area contributed by atoms with Gasteiger partial charge in [0.05, 0.1) is 12.0 Å². The van der Waals surface area contributed by atoms with Crippen LogP contribution in [0.1, 0.15) is 44.9 Å². The third kappa shape index (κ3) is 3.50. The number of anilines is 2. The molecular weight excluding hydrogens is 258 g/mol. The van der Waals surface area contributed by atoms with E-state index in [1.54, 1.807) is 0 Å². The molecule has 1 saturated carbocycles. The van der Waals surface area contributed by atoms with Gasteiger partial charge in [-0.15, -0.1) is 0 Å². The van der Waals surface area contributed by atoms with Gasteiger partial charge in [0, 0.05) is 30.5 Å². The Labute approximate surface area is 128 Å². The van der Waals surface area contributed by atoms with Crippen LogP contribution in [0.5, 0.6) is 0 Å². The second-order valence-corrected chi connectivity index (χ2v) is 6.37. The molecule has 2 aliphatic rings. The molecule has 0 amide bonds. The number of benzene rings is 1. The van der Waals surface area contributed by atoms with E-state index in [9.17, 15) is 5.26 Å². The molecule has 3 rings (SSSR count). The zero-order valence-electron chi connectivity index (χ0n) is 12.7. The minimum absolute atomic E-state index is 0.167. The number of hydrogen-bond acceptors (Lipinski definition) is 3. The van der Waals surface area contributed by atoms with Crippen molar-refractivity contribution in [3.05, 3.63) is 24.3 Å². The maximum atomic E-state index is 9.26. The van der Waals surface area contributed by atoms with Crippen molar-refractivity contribution in [2.45, 2.75) is 51.0 Å². The fourth-order valence-electron chi connectivity index (χ4n) is 3.59. The van der Waals surface area contributed by atoms with Gasteiger partial charge in [0.15, 0.2) is 0 Å². The lowest BCUT2D eigenvalue weighted by molar-refractivity contribution is 0.389. The molecule has 1 saturated heterocycles. The van der Waals surface area contributed by atoms with Crippen molar-refractivity contribution in [1.82, 2.24) is 0 Å². The highest BCUT2D eigenvalue weighted by Crippen LogP contribution is 2.28. The topological polar surface area (TPSA) is 39.1 Å². The summed E-state index contributed by atoms with van der Waals surface area (Å²) in [6.45, 7) is 2.37. The van der Waals surface area contributed by atoms with Gasteiger partial charge in [-0.3, -0.25) is 0 Å². The molecule has 2 atom stereocenters. The lowest BCUT2D eigenvalue weighted by Gasteiger charge is -2.30. The van der Waals surface area contributed by atoms with Gasteiger partial charge in [0.1, 0.15) is 0 Å². The average molecular weight is 283 g/mol. The van der Waals surface area contributed by atoms with Crippen LogP contribution in [0.2, 0.25) is 0 Å². The lowest BCUT2D eigenvalue weighted by atomic mass is 9.85. The summed E-state index contributed by atoms with van der Waals surface area (Å²) in [4.78, 5) is 2.48. The number of nitrogens with one attached hydrogen (secondary N) is 1. The van der Waals surface area contributed by atoms with E-state index in [0.29, 0.717) is 6.04 Å². The van der Waals surface area contributed by atoms with E-state index in [2.05, 4.69) is 40.6 Å². The molecule has 112 valence electrons. The fourth-order valence-corrected chi connectivity index (χ4v) is 3.59. The summed E-state index contributed by atoms with van der Waals surface area (Å²) in [6, 6.07) is 11.6. The van der Waals surface area contributed by atoms with Crippen LogP contribution in [0.15, 0.2) is 24.3 Å². The first-order chi connectivity index (χ1) is 10.4. The molecule has 1 aliphatic heterocycles. The number of rotatable bonds is 3. The van der Waals surface area contributed by atoms with E-state index in [1.165, 1.54) is 50.9 Å². The molecule has 3 heteroatoms. The fraction of sp³-hybridized carbons (Fsp3) is 0.611. The van der Waals surface area contributed by atoms with Crippen LogP contribution in [0.25, 0.3) is 0 Å². The molecule has 1 aromatic carbocycles. The number of nitriles is 1. The summed E-state index contributed by atoms with van der Waals surface area (Å²) >= 11 is 0. The first-order valence-corrected chi connectivity index (χ1v) is 8.38. The molecule has 21 heavy (non-hydrogen) atoms. The SMILES string of the molecule is N#CC1CCCCC1Nc1ccc(N2CCCCC2)cc1. The molecule has 1 heterocycles. The molecule has 0 bridgehead atoms.